The van der Waals surface area contributed by atoms with Crippen LogP contribution in [0.25, 0.3) is 0 Å². The summed E-state index contributed by atoms with van der Waals surface area (Å²) in [6.45, 7) is 2.11. The fraction of sp³-hybridized carbons (Fsp3) is 0.571. The molecule has 4 atom stereocenters. The largest absolute Gasteiger partial charge is 0.382 e. The van der Waals surface area contributed by atoms with E-state index in [1.165, 1.54) is 7.05 Å². The van der Waals surface area contributed by atoms with Crippen molar-refractivity contribution in [2.24, 2.45) is 11.7 Å². The van der Waals surface area contributed by atoms with Crippen LogP contribution in [0.1, 0.15) is 18.9 Å². The van der Waals surface area contributed by atoms with E-state index >= 15 is 0 Å². The third-order valence-electron chi connectivity index (χ3n) is 3.25. The van der Waals surface area contributed by atoms with Gasteiger partial charge in [0.05, 0.1) is 18.9 Å². The maximum absolute atomic E-state index is 12.0. The summed E-state index contributed by atoms with van der Waals surface area (Å²) in [5.41, 5.74) is 5.28. The van der Waals surface area contributed by atoms with Gasteiger partial charge in [-0.3, -0.25) is 4.57 Å². The van der Waals surface area contributed by atoms with Crippen molar-refractivity contribution in [2.75, 3.05) is 13.7 Å². The first kappa shape index (κ1) is 22.5. The van der Waals surface area contributed by atoms with Crippen LogP contribution in [0.3, 0.4) is 0 Å². The summed E-state index contributed by atoms with van der Waals surface area (Å²) in [6.07, 6.45) is 0.565. The number of hydrogen-bond donors (Lipinski definition) is 2. The maximum atomic E-state index is 12.0. The molecule has 1 unspecified atom stereocenters. The Balaban J connectivity index is 0.00000141. The van der Waals surface area contributed by atoms with Gasteiger partial charge in [-0.2, -0.15) is 0 Å². The van der Waals surface area contributed by atoms with Crippen molar-refractivity contribution >= 4 is 15.4 Å². The third kappa shape index (κ3) is 7.83. The van der Waals surface area contributed by atoms with Crippen LogP contribution in [0.4, 0.5) is 0 Å². The Labute approximate surface area is 159 Å². The van der Waals surface area contributed by atoms with Gasteiger partial charge in [-0.1, -0.05) is 37.3 Å². The minimum Gasteiger partial charge on any atom is -0.382 e. The summed E-state index contributed by atoms with van der Waals surface area (Å²) in [5.74, 6) is 0.242. The first-order valence-corrected chi connectivity index (χ1v) is 8.71. The van der Waals surface area contributed by atoms with Gasteiger partial charge in [0.1, 0.15) is 7.85 Å². The van der Waals surface area contributed by atoms with Gasteiger partial charge in [0.15, 0.2) is 0 Å². The standard InChI is InChI=1S/C13H18BO4P.CH5N.Y/c1-10-7-13(14)18-12(10)8-17-19(15,16)9-11-5-3-2-4-6-11;1-2;/h2-6,10,12-13H,7-9H2,1H3,(H,15,16);2H2,1H3;/t10-,12-,13-;;/m1../s1. The van der Waals surface area contributed by atoms with Crippen molar-refractivity contribution in [3.8, 4) is 0 Å². The van der Waals surface area contributed by atoms with Crippen LogP contribution >= 0.6 is 7.60 Å². The van der Waals surface area contributed by atoms with Crippen molar-refractivity contribution in [1.82, 2.24) is 0 Å². The van der Waals surface area contributed by atoms with Gasteiger partial charge in [0, 0.05) is 38.7 Å². The Morgan fingerprint density at radius 2 is 2.00 bits per heavy atom. The van der Waals surface area contributed by atoms with Gasteiger partial charge in [-0.05, 0) is 24.9 Å². The van der Waals surface area contributed by atoms with Gasteiger partial charge in [0.25, 0.3) is 0 Å². The molecule has 8 heteroatoms. The zero-order valence-corrected chi connectivity index (χ0v) is 16.8. The molecule has 1 saturated heterocycles. The van der Waals surface area contributed by atoms with Crippen LogP contribution < -0.4 is 5.73 Å². The molecular formula is C14H23BNO4PY. The third-order valence-corrected chi connectivity index (χ3v) is 4.57. The van der Waals surface area contributed by atoms with Crippen LogP contribution in [-0.2, 0) is 52.7 Å². The molecule has 0 aliphatic carbocycles. The minimum atomic E-state index is -3.63. The van der Waals surface area contributed by atoms with Crippen LogP contribution in [0, 0.1) is 5.92 Å². The molecule has 1 aliphatic heterocycles. The van der Waals surface area contributed by atoms with E-state index < -0.39 is 7.60 Å². The molecule has 0 saturated carbocycles. The van der Waals surface area contributed by atoms with E-state index in [9.17, 15) is 9.46 Å². The SMILES string of the molecule is CN.[B][C@H]1C[C@@H](C)[C@@H](COP(=O)(O)Cc2ccccc2)O1.[Y]. The maximum Gasteiger partial charge on any atom is 0.332 e. The van der Waals surface area contributed by atoms with Crippen molar-refractivity contribution < 1.29 is 51.4 Å². The molecule has 0 spiro atoms. The Kier molecular flexibility index (Phi) is 11.3. The summed E-state index contributed by atoms with van der Waals surface area (Å²) < 4.78 is 22.6. The zero-order chi connectivity index (χ0) is 15.9. The molecule has 22 heavy (non-hydrogen) atoms. The van der Waals surface area contributed by atoms with Crippen LogP contribution in [0.2, 0.25) is 0 Å². The predicted molar refractivity (Wildman–Crippen MR) is 84.2 cm³/mol. The van der Waals surface area contributed by atoms with E-state index in [0.29, 0.717) is 0 Å². The summed E-state index contributed by atoms with van der Waals surface area (Å²) >= 11 is 0. The second-order valence-corrected chi connectivity index (χ2v) is 6.85. The minimum absolute atomic E-state index is 0. The molecule has 1 aromatic carbocycles. The fourth-order valence-corrected chi connectivity index (χ4v) is 3.33. The summed E-state index contributed by atoms with van der Waals surface area (Å²) in [6, 6.07) is 8.83. The summed E-state index contributed by atoms with van der Waals surface area (Å²) in [4.78, 5) is 9.83. The van der Waals surface area contributed by atoms with Crippen LogP contribution in [0.5, 0.6) is 0 Å². The Bertz CT molecular complexity index is 465. The molecule has 1 heterocycles. The normalized spacial score (nSPS) is 26.3. The van der Waals surface area contributed by atoms with E-state index in [1.807, 2.05) is 25.1 Å². The molecule has 1 fully saturated rings. The smallest absolute Gasteiger partial charge is 0.332 e. The number of benzene rings is 1. The molecule has 0 aromatic heterocycles. The van der Waals surface area contributed by atoms with Crippen molar-refractivity contribution in [2.45, 2.75) is 31.6 Å². The summed E-state index contributed by atoms with van der Waals surface area (Å²) in [7, 11) is 3.54. The first-order chi connectivity index (χ1) is 9.96. The second-order valence-electron chi connectivity index (χ2n) is 5.00. The van der Waals surface area contributed by atoms with Crippen LogP contribution in [-0.4, -0.2) is 38.5 Å². The van der Waals surface area contributed by atoms with E-state index in [0.717, 1.165) is 12.0 Å². The molecular weight excluding hydrogens is 377 g/mol. The quantitative estimate of drug-likeness (QED) is 0.583. The number of ether oxygens (including phenoxy) is 1. The molecule has 1 aliphatic rings. The topological polar surface area (TPSA) is 81.8 Å². The van der Waals surface area contributed by atoms with Gasteiger partial charge < -0.3 is 19.9 Å². The van der Waals surface area contributed by atoms with Gasteiger partial charge in [0.2, 0.25) is 0 Å². The van der Waals surface area contributed by atoms with Gasteiger partial charge in [-0.15, -0.1) is 0 Å². The molecule has 119 valence electrons. The summed E-state index contributed by atoms with van der Waals surface area (Å²) in [5, 5.41) is 0. The first-order valence-electron chi connectivity index (χ1n) is 6.95. The zero-order valence-electron chi connectivity index (χ0n) is 13.1. The van der Waals surface area contributed by atoms with E-state index in [4.69, 9.17) is 17.1 Å². The molecule has 0 amide bonds. The van der Waals surface area contributed by atoms with Crippen molar-refractivity contribution in [3.05, 3.63) is 35.9 Å². The molecule has 3 radical (unpaired) electrons. The van der Waals surface area contributed by atoms with Crippen molar-refractivity contribution in [1.29, 1.82) is 0 Å². The molecule has 2 rings (SSSR count). The molecule has 3 N–H and O–H groups in total. The number of rotatable bonds is 5. The van der Waals surface area contributed by atoms with E-state index in [2.05, 4.69) is 5.73 Å². The monoisotopic (exact) mass is 400 g/mol. The van der Waals surface area contributed by atoms with Gasteiger partial charge in [-0.25, -0.2) is 0 Å². The number of nitrogens with two attached hydrogens (primary N) is 1. The fourth-order valence-electron chi connectivity index (χ4n) is 2.19. The average molecular weight is 400 g/mol. The van der Waals surface area contributed by atoms with Crippen molar-refractivity contribution in [3.63, 3.8) is 0 Å². The Morgan fingerprint density at radius 1 is 1.41 bits per heavy atom. The van der Waals surface area contributed by atoms with Crippen LogP contribution in [0.15, 0.2) is 30.3 Å². The Hall–Kier alpha value is 0.459. The average Bonchev–Trinajstić information content (AvgIpc) is 2.78. The predicted octanol–water partition coefficient (Wildman–Crippen LogP) is 1.88. The van der Waals surface area contributed by atoms with E-state index in [1.54, 1.807) is 12.1 Å². The second kappa shape index (κ2) is 11.1. The molecule has 1 aromatic rings. The van der Waals surface area contributed by atoms with Gasteiger partial charge >= 0.3 is 7.60 Å². The van der Waals surface area contributed by atoms with E-state index in [-0.39, 0.29) is 63.5 Å². The number of hydrogen-bond acceptors (Lipinski definition) is 4. The molecule has 5 nitrogen and oxygen atoms in total. The Morgan fingerprint density at radius 3 is 2.50 bits per heavy atom. The molecule has 0 bridgehead atoms.